The Labute approximate surface area is 179 Å². The van der Waals surface area contributed by atoms with Gasteiger partial charge in [-0.2, -0.15) is 4.31 Å². The van der Waals surface area contributed by atoms with Gasteiger partial charge in [0.15, 0.2) is 0 Å². The van der Waals surface area contributed by atoms with Crippen molar-refractivity contribution in [2.24, 2.45) is 0 Å². The van der Waals surface area contributed by atoms with Crippen molar-refractivity contribution in [3.8, 4) is 11.5 Å². The normalized spacial score (nSPS) is 11.4. The lowest BCUT2D eigenvalue weighted by atomic mass is 10.2. The van der Waals surface area contributed by atoms with Gasteiger partial charge in [0.05, 0.1) is 24.3 Å². The molecule has 8 heteroatoms. The zero-order valence-corrected chi connectivity index (χ0v) is 18.8. The molecule has 0 radical (unpaired) electrons. The number of nitrogens with one attached hydrogen (secondary N) is 1. The van der Waals surface area contributed by atoms with E-state index in [1.54, 1.807) is 19.9 Å². The SMILES string of the molecule is CCN(CC)S(=O)(=O)c1ccc(OC)c(NC(=O)CCCOc2ccccc2C)c1. The lowest BCUT2D eigenvalue weighted by Gasteiger charge is -2.19. The van der Waals surface area contributed by atoms with Crippen molar-refractivity contribution in [3.05, 3.63) is 48.0 Å². The molecule has 30 heavy (non-hydrogen) atoms. The molecule has 0 unspecified atom stereocenters. The number of methoxy groups -OCH3 is 1. The van der Waals surface area contributed by atoms with E-state index in [-0.39, 0.29) is 17.2 Å². The zero-order valence-electron chi connectivity index (χ0n) is 18.0. The van der Waals surface area contributed by atoms with E-state index in [1.165, 1.54) is 23.5 Å². The Kier molecular flexibility index (Phi) is 8.68. The predicted molar refractivity (Wildman–Crippen MR) is 118 cm³/mol. The van der Waals surface area contributed by atoms with Gasteiger partial charge in [-0.25, -0.2) is 8.42 Å². The minimum Gasteiger partial charge on any atom is -0.495 e. The number of hydrogen-bond donors (Lipinski definition) is 1. The van der Waals surface area contributed by atoms with E-state index < -0.39 is 10.0 Å². The Bertz CT molecular complexity index is 956. The number of carbonyl (C=O) groups excluding carboxylic acids is 1. The van der Waals surface area contributed by atoms with Crippen LogP contribution in [0.15, 0.2) is 47.4 Å². The van der Waals surface area contributed by atoms with Gasteiger partial charge < -0.3 is 14.8 Å². The van der Waals surface area contributed by atoms with Crippen LogP contribution < -0.4 is 14.8 Å². The summed E-state index contributed by atoms with van der Waals surface area (Å²) in [7, 11) is -2.16. The second-order valence-electron chi connectivity index (χ2n) is 6.72. The van der Waals surface area contributed by atoms with Crippen LogP contribution in [0.1, 0.15) is 32.3 Å². The van der Waals surface area contributed by atoms with Gasteiger partial charge in [0.2, 0.25) is 15.9 Å². The number of nitrogens with zero attached hydrogens (tertiary/aromatic N) is 1. The van der Waals surface area contributed by atoms with Crippen molar-refractivity contribution >= 4 is 21.6 Å². The smallest absolute Gasteiger partial charge is 0.243 e. The van der Waals surface area contributed by atoms with Gasteiger partial charge in [-0.15, -0.1) is 0 Å². The van der Waals surface area contributed by atoms with Gasteiger partial charge in [-0.1, -0.05) is 32.0 Å². The molecule has 0 spiro atoms. The van der Waals surface area contributed by atoms with Crippen molar-refractivity contribution in [2.45, 2.75) is 38.5 Å². The maximum atomic E-state index is 12.8. The fourth-order valence-corrected chi connectivity index (χ4v) is 4.49. The molecule has 0 atom stereocenters. The molecule has 0 bridgehead atoms. The second-order valence-corrected chi connectivity index (χ2v) is 8.66. The number of aryl methyl sites for hydroxylation is 1. The van der Waals surface area contributed by atoms with Crippen LogP contribution in [-0.2, 0) is 14.8 Å². The molecule has 0 aromatic heterocycles. The van der Waals surface area contributed by atoms with Gasteiger partial charge in [-0.05, 0) is 43.2 Å². The number of ether oxygens (including phenoxy) is 2. The molecule has 0 aliphatic carbocycles. The zero-order chi connectivity index (χ0) is 22.1. The minimum absolute atomic E-state index is 0.116. The van der Waals surface area contributed by atoms with Crippen molar-refractivity contribution < 1.29 is 22.7 Å². The number of carbonyl (C=O) groups is 1. The molecule has 0 heterocycles. The fourth-order valence-electron chi connectivity index (χ4n) is 3.00. The molecule has 164 valence electrons. The van der Waals surface area contributed by atoms with Crippen molar-refractivity contribution in [1.29, 1.82) is 0 Å². The van der Waals surface area contributed by atoms with E-state index in [9.17, 15) is 13.2 Å². The molecule has 1 amide bonds. The highest BCUT2D eigenvalue weighted by atomic mass is 32.2. The van der Waals surface area contributed by atoms with Crippen LogP contribution in [0.3, 0.4) is 0 Å². The third-order valence-electron chi connectivity index (χ3n) is 4.69. The summed E-state index contributed by atoms with van der Waals surface area (Å²) in [6.45, 7) is 6.68. The molecule has 1 N–H and O–H groups in total. The number of hydrogen-bond acceptors (Lipinski definition) is 5. The summed E-state index contributed by atoms with van der Waals surface area (Å²) in [6, 6.07) is 12.2. The number of para-hydroxylation sites is 1. The largest absolute Gasteiger partial charge is 0.495 e. The van der Waals surface area contributed by atoms with E-state index in [0.717, 1.165) is 11.3 Å². The van der Waals surface area contributed by atoms with Crippen LogP contribution in [0, 0.1) is 6.92 Å². The summed E-state index contributed by atoms with van der Waals surface area (Å²) in [4.78, 5) is 12.5. The molecule has 0 fully saturated rings. The summed E-state index contributed by atoms with van der Waals surface area (Å²) in [5, 5.41) is 2.76. The first-order valence-corrected chi connectivity index (χ1v) is 11.4. The lowest BCUT2D eigenvalue weighted by Crippen LogP contribution is -2.30. The molecule has 2 rings (SSSR count). The van der Waals surface area contributed by atoms with E-state index in [4.69, 9.17) is 9.47 Å². The van der Waals surface area contributed by atoms with E-state index in [1.807, 2.05) is 31.2 Å². The Morgan fingerprint density at radius 3 is 2.40 bits per heavy atom. The predicted octanol–water partition coefficient (Wildman–Crippen LogP) is 3.83. The summed E-state index contributed by atoms with van der Waals surface area (Å²) in [5.74, 6) is 0.964. The summed E-state index contributed by atoms with van der Waals surface area (Å²) in [6.07, 6.45) is 0.766. The summed E-state index contributed by atoms with van der Waals surface area (Å²) >= 11 is 0. The third kappa shape index (κ3) is 5.96. The summed E-state index contributed by atoms with van der Waals surface area (Å²) < 4.78 is 37.9. The first-order valence-electron chi connectivity index (χ1n) is 9.99. The minimum atomic E-state index is -3.63. The maximum absolute atomic E-state index is 12.8. The Balaban J connectivity index is 2.02. The molecule has 2 aromatic rings. The second kappa shape index (κ2) is 11.0. The molecule has 7 nitrogen and oxygen atoms in total. The van der Waals surface area contributed by atoms with Gasteiger partial charge in [0.1, 0.15) is 11.5 Å². The van der Waals surface area contributed by atoms with Crippen LogP contribution in [0.2, 0.25) is 0 Å². The number of amides is 1. The number of rotatable bonds is 11. The Morgan fingerprint density at radius 2 is 1.77 bits per heavy atom. The van der Waals surface area contributed by atoms with E-state index in [0.29, 0.717) is 37.6 Å². The molecular weight excluding hydrogens is 404 g/mol. The van der Waals surface area contributed by atoms with E-state index in [2.05, 4.69) is 5.32 Å². The van der Waals surface area contributed by atoms with Crippen LogP contribution in [0.25, 0.3) is 0 Å². The summed E-state index contributed by atoms with van der Waals surface area (Å²) in [5.41, 5.74) is 1.37. The number of anilines is 1. The van der Waals surface area contributed by atoms with Crippen molar-refractivity contribution in [1.82, 2.24) is 4.31 Å². The average Bonchev–Trinajstić information content (AvgIpc) is 2.73. The lowest BCUT2D eigenvalue weighted by molar-refractivity contribution is -0.116. The van der Waals surface area contributed by atoms with Crippen LogP contribution >= 0.6 is 0 Å². The van der Waals surface area contributed by atoms with Crippen molar-refractivity contribution in [2.75, 3.05) is 32.1 Å². The third-order valence-corrected chi connectivity index (χ3v) is 6.73. The molecule has 2 aromatic carbocycles. The van der Waals surface area contributed by atoms with Gasteiger partial charge in [0.25, 0.3) is 0 Å². The van der Waals surface area contributed by atoms with Crippen molar-refractivity contribution in [3.63, 3.8) is 0 Å². The fraction of sp³-hybridized carbons (Fsp3) is 0.409. The standard InChI is InChI=1S/C22H30N2O5S/c1-5-24(6-2)30(26,27)18-13-14-21(28-4)19(16-18)23-22(25)12-9-15-29-20-11-8-7-10-17(20)3/h7-8,10-11,13-14,16H,5-6,9,12,15H2,1-4H3,(H,23,25). The average molecular weight is 435 g/mol. The molecule has 0 saturated carbocycles. The van der Waals surface area contributed by atoms with Crippen LogP contribution in [0.5, 0.6) is 11.5 Å². The monoisotopic (exact) mass is 434 g/mol. The topological polar surface area (TPSA) is 84.9 Å². The highest BCUT2D eigenvalue weighted by Gasteiger charge is 2.23. The first-order chi connectivity index (χ1) is 14.3. The Morgan fingerprint density at radius 1 is 1.07 bits per heavy atom. The first kappa shape index (κ1) is 23.7. The van der Waals surface area contributed by atoms with Gasteiger partial charge in [-0.3, -0.25) is 4.79 Å². The highest BCUT2D eigenvalue weighted by Crippen LogP contribution is 2.29. The number of benzene rings is 2. The molecule has 0 aliphatic heterocycles. The van der Waals surface area contributed by atoms with Gasteiger partial charge in [0, 0.05) is 19.5 Å². The maximum Gasteiger partial charge on any atom is 0.243 e. The number of sulfonamides is 1. The van der Waals surface area contributed by atoms with Crippen LogP contribution in [-0.4, -0.2) is 45.4 Å². The molecule has 0 aliphatic rings. The van der Waals surface area contributed by atoms with Crippen LogP contribution in [0.4, 0.5) is 5.69 Å². The molecular formula is C22H30N2O5S. The van der Waals surface area contributed by atoms with E-state index >= 15 is 0 Å². The highest BCUT2D eigenvalue weighted by molar-refractivity contribution is 7.89. The molecule has 0 saturated heterocycles. The quantitative estimate of drug-likeness (QED) is 0.543. The Hall–Kier alpha value is -2.58. The van der Waals surface area contributed by atoms with Gasteiger partial charge >= 0.3 is 0 Å².